The molecule has 0 bridgehead atoms. The van der Waals surface area contributed by atoms with Crippen LogP contribution in [0.15, 0.2) is 53.4 Å². The molecule has 2 aromatic carbocycles. The van der Waals surface area contributed by atoms with Crippen LogP contribution in [0.3, 0.4) is 0 Å². The van der Waals surface area contributed by atoms with Crippen molar-refractivity contribution >= 4 is 33.4 Å². The first kappa shape index (κ1) is 26.0. The molecule has 2 N–H and O–H groups in total. The predicted molar refractivity (Wildman–Crippen MR) is 136 cm³/mol. The highest BCUT2D eigenvalue weighted by molar-refractivity contribution is 7.89. The van der Waals surface area contributed by atoms with Crippen LogP contribution in [-0.2, 0) is 30.8 Å². The van der Waals surface area contributed by atoms with Crippen LogP contribution < -0.4 is 10.0 Å². The molecule has 192 valence electrons. The van der Waals surface area contributed by atoms with Gasteiger partial charge in [-0.3, -0.25) is 14.4 Å². The Morgan fingerprint density at radius 3 is 2.06 bits per heavy atom. The lowest BCUT2D eigenvalue weighted by Crippen LogP contribution is -2.47. The first-order valence-electron chi connectivity index (χ1n) is 12.0. The summed E-state index contributed by atoms with van der Waals surface area (Å²) in [7, 11) is -3.81. The van der Waals surface area contributed by atoms with Crippen molar-refractivity contribution in [1.82, 2.24) is 4.90 Å². The molecular weight excluding hydrogens is 478 g/mol. The number of sulfonamides is 1. The summed E-state index contributed by atoms with van der Waals surface area (Å²) in [6.07, 6.45) is 0.323. The van der Waals surface area contributed by atoms with Crippen molar-refractivity contribution in [2.75, 3.05) is 11.4 Å². The third-order valence-corrected chi connectivity index (χ3v) is 9.16. The fraction of sp³-hybridized carbons (Fsp3) is 0.444. The summed E-state index contributed by atoms with van der Waals surface area (Å²) in [6.45, 7) is 10.3. The minimum atomic E-state index is -3.81. The number of nitrogens with two attached hydrogens (primary N) is 1. The number of carbonyl (C=O) groups is 3. The number of amides is 3. The molecule has 0 spiro atoms. The maximum Gasteiger partial charge on any atom is 0.257 e. The van der Waals surface area contributed by atoms with E-state index >= 15 is 0 Å². The molecule has 1 saturated carbocycles. The van der Waals surface area contributed by atoms with Gasteiger partial charge in [-0.15, -0.1) is 0 Å². The highest BCUT2D eigenvalue weighted by Crippen LogP contribution is 2.69. The van der Waals surface area contributed by atoms with E-state index in [2.05, 4.69) is 0 Å². The third kappa shape index (κ3) is 4.46. The van der Waals surface area contributed by atoms with Gasteiger partial charge in [0, 0.05) is 12.5 Å². The Labute approximate surface area is 212 Å². The van der Waals surface area contributed by atoms with Gasteiger partial charge < -0.3 is 4.90 Å². The summed E-state index contributed by atoms with van der Waals surface area (Å²) in [5.41, 5.74) is 1.83. The van der Waals surface area contributed by atoms with Gasteiger partial charge >= 0.3 is 0 Å². The Balaban J connectivity index is 1.61. The number of carbonyl (C=O) groups excluding carboxylic acids is 3. The number of imide groups is 1. The summed E-state index contributed by atoms with van der Waals surface area (Å²) >= 11 is 0. The Hall–Kier alpha value is -3.04. The molecule has 1 heterocycles. The number of anilines is 1. The van der Waals surface area contributed by atoms with E-state index in [1.165, 1.54) is 17.0 Å². The third-order valence-electron chi connectivity index (χ3n) is 8.24. The van der Waals surface area contributed by atoms with E-state index in [1.54, 1.807) is 29.2 Å². The van der Waals surface area contributed by atoms with Crippen LogP contribution in [0.4, 0.5) is 5.69 Å². The highest BCUT2D eigenvalue weighted by Gasteiger charge is 2.69. The standard InChI is InChI=1S/C27H33N3O5S/c1-17-6-10-19(11-7-17)30-22(31)16-21(24(30)32)29(25(33)23-26(2,3)27(23,4)5)15-14-18-8-12-20(13-9-18)36(28,34)35/h6-13,21,23H,14-16H2,1-5H3,(H2,28,34,35). The summed E-state index contributed by atoms with van der Waals surface area (Å²) < 4.78 is 23.1. The minimum absolute atomic E-state index is 0.00553. The van der Waals surface area contributed by atoms with Crippen LogP contribution in [0.1, 0.15) is 45.2 Å². The largest absolute Gasteiger partial charge is 0.329 e. The minimum Gasteiger partial charge on any atom is -0.329 e. The van der Waals surface area contributed by atoms with Crippen LogP contribution in [0.25, 0.3) is 0 Å². The van der Waals surface area contributed by atoms with E-state index in [0.717, 1.165) is 11.1 Å². The van der Waals surface area contributed by atoms with Crippen LogP contribution in [0.5, 0.6) is 0 Å². The topological polar surface area (TPSA) is 118 Å². The average molecular weight is 512 g/mol. The fourth-order valence-electron chi connectivity index (χ4n) is 5.32. The number of benzene rings is 2. The van der Waals surface area contributed by atoms with E-state index in [-0.39, 0.29) is 46.4 Å². The Morgan fingerprint density at radius 2 is 1.56 bits per heavy atom. The highest BCUT2D eigenvalue weighted by atomic mass is 32.2. The van der Waals surface area contributed by atoms with Gasteiger partial charge in [0.1, 0.15) is 6.04 Å². The molecule has 9 heteroatoms. The van der Waals surface area contributed by atoms with Gasteiger partial charge in [0.25, 0.3) is 5.91 Å². The Morgan fingerprint density at radius 1 is 1.00 bits per heavy atom. The molecule has 8 nitrogen and oxygen atoms in total. The zero-order valence-corrected chi connectivity index (χ0v) is 22.1. The summed E-state index contributed by atoms with van der Waals surface area (Å²) in [4.78, 5) is 43.0. The number of hydrogen-bond donors (Lipinski definition) is 1. The lowest BCUT2D eigenvalue weighted by atomic mass is 10.0. The summed E-state index contributed by atoms with van der Waals surface area (Å²) in [6, 6.07) is 12.4. The van der Waals surface area contributed by atoms with Crippen molar-refractivity contribution in [2.24, 2.45) is 21.9 Å². The molecule has 1 saturated heterocycles. The van der Waals surface area contributed by atoms with E-state index < -0.39 is 22.0 Å². The van der Waals surface area contributed by atoms with Crippen molar-refractivity contribution in [3.05, 3.63) is 59.7 Å². The predicted octanol–water partition coefficient (Wildman–Crippen LogP) is 3.03. The van der Waals surface area contributed by atoms with Gasteiger partial charge in [0.15, 0.2) is 0 Å². The van der Waals surface area contributed by atoms with Gasteiger partial charge in [0.05, 0.1) is 17.0 Å². The molecule has 0 aromatic heterocycles. The summed E-state index contributed by atoms with van der Waals surface area (Å²) in [5.74, 6) is -1.15. The van der Waals surface area contributed by atoms with Crippen molar-refractivity contribution in [3.8, 4) is 0 Å². The number of nitrogens with zero attached hydrogens (tertiary/aromatic N) is 2. The fourth-order valence-corrected chi connectivity index (χ4v) is 5.83. The van der Waals surface area contributed by atoms with E-state index in [0.29, 0.717) is 12.1 Å². The van der Waals surface area contributed by atoms with Crippen molar-refractivity contribution in [3.63, 3.8) is 0 Å². The zero-order chi connectivity index (χ0) is 26.6. The molecule has 36 heavy (non-hydrogen) atoms. The second-order valence-electron chi connectivity index (χ2n) is 11.0. The second-order valence-corrected chi connectivity index (χ2v) is 12.5. The van der Waals surface area contributed by atoms with Crippen molar-refractivity contribution in [1.29, 1.82) is 0 Å². The normalized spacial score (nSPS) is 21.1. The smallest absolute Gasteiger partial charge is 0.257 e. The first-order valence-corrected chi connectivity index (χ1v) is 13.6. The SMILES string of the molecule is Cc1ccc(N2C(=O)CC(N(CCc3ccc(S(N)(=O)=O)cc3)C(=O)C3C(C)(C)C3(C)C)C2=O)cc1. The molecule has 1 atom stereocenters. The van der Waals surface area contributed by atoms with Crippen LogP contribution in [0, 0.1) is 23.7 Å². The molecule has 2 aliphatic rings. The second kappa shape index (κ2) is 8.81. The molecule has 1 aliphatic heterocycles. The molecular formula is C27H33N3O5S. The lowest BCUT2D eigenvalue weighted by Gasteiger charge is -2.29. The van der Waals surface area contributed by atoms with E-state index in [9.17, 15) is 22.8 Å². The number of hydrogen-bond acceptors (Lipinski definition) is 5. The molecule has 2 fully saturated rings. The number of aryl methyl sites for hydroxylation is 1. The summed E-state index contributed by atoms with van der Waals surface area (Å²) in [5, 5.41) is 5.19. The Bertz CT molecular complexity index is 1300. The maximum atomic E-state index is 13.8. The van der Waals surface area contributed by atoms with Gasteiger partial charge in [-0.2, -0.15) is 0 Å². The van der Waals surface area contributed by atoms with Crippen molar-refractivity contribution < 1.29 is 22.8 Å². The molecule has 1 aliphatic carbocycles. The monoisotopic (exact) mass is 511 g/mol. The molecule has 2 aromatic rings. The van der Waals surface area contributed by atoms with Crippen LogP contribution in [0.2, 0.25) is 0 Å². The van der Waals surface area contributed by atoms with Crippen LogP contribution >= 0.6 is 0 Å². The molecule has 3 amide bonds. The van der Waals surface area contributed by atoms with Crippen LogP contribution in [-0.4, -0.2) is 43.6 Å². The quantitative estimate of drug-likeness (QED) is 0.574. The van der Waals surface area contributed by atoms with Crippen molar-refractivity contribution in [2.45, 2.75) is 58.4 Å². The van der Waals surface area contributed by atoms with Gasteiger partial charge in [-0.05, 0) is 54.0 Å². The van der Waals surface area contributed by atoms with Gasteiger partial charge in [0.2, 0.25) is 21.8 Å². The maximum absolute atomic E-state index is 13.8. The average Bonchev–Trinajstić information content (AvgIpc) is 3.02. The van der Waals surface area contributed by atoms with Gasteiger partial charge in [-0.1, -0.05) is 57.5 Å². The molecule has 4 rings (SSSR count). The lowest BCUT2D eigenvalue weighted by molar-refractivity contribution is -0.140. The number of primary sulfonamides is 1. The Kier molecular flexibility index (Phi) is 6.37. The zero-order valence-electron chi connectivity index (χ0n) is 21.3. The first-order chi connectivity index (χ1) is 16.7. The van der Waals surface area contributed by atoms with E-state index in [1.807, 2.05) is 46.8 Å². The van der Waals surface area contributed by atoms with E-state index in [4.69, 9.17) is 5.14 Å². The number of rotatable bonds is 7. The molecule has 1 unspecified atom stereocenters. The molecule has 0 radical (unpaired) electrons. The van der Waals surface area contributed by atoms with Gasteiger partial charge in [-0.25, -0.2) is 18.5 Å².